The quantitative estimate of drug-likeness (QED) is 0.618. The summed E-state index contributed by atoms with van der Waals surface area (Å²) >= 11 is 0. The molecule has 0 unspecified atom stereocenters. The van der Waals surface area contributed by atoms with Gasteiger partial charge < -0.3 is 9.84 Å². The molecule has 1 aromatic rings. The highest BCUT2D eigenvalue weighted by molar-refractivity contribution is 5.66. The highest BCUT2D eigenvalue weighted by Gasteiger charge is 2.48. The third-order valence-corrected chi connectivity index (χ3v) is 4.83. The lowest BCUT2D eigenvalue weighted by Gasteiger charge is -2.27. The molecule has 2 fully saturated rings. The number of ether oxygens (including phenoxy) is 1. The van der Waals surface area contributed by atoms with E-state index in [1.54, 1.807) is 0 Å². The molecule has 3 rings (SSSR count). The van der Waals surface area contributed by atoms with Crippen molar-refractivity contribution in [2.24, 2.45) is 5.92 Å². The van der Waals surface area contributed by atoms with E-state index in [4.69, 9.17) is 9.84 Å². The zero-order valence-electron chi connectivity index (χ0n) is 12.7. The fraction of sp³-hybridized carbons (Fsp3) is 0.556. The van der Waals surface area contributed by atoms with E-state index in [0.717, 1.165) is 19.3 Å². The van der Waals surface area contributed by atoms with Gasteiger partial charge in [0, 0.05) is 24.7 Å². The fourth-order valence-electron chi connectivity index (χ4n) is 3.85. The van der Waals surface area contributed by atoms with E-state index >= 15 is 0 Å². The maximum atomic E-state index is 10.5. The van der Waals surface area contributed by atoms with Gasteiger partial charge in [-0.05, 0) is 49.7 Å². The topological polar surface area (TPSA) is 59.4 Å². The molecular weight excluding hydrogens is 278 g/mol. The number of aromatic nitrogens is 1. The van der Waals surface area contributed by atoms with E-state index in [1.807, 2.05) is 18.5 Å². The Hall–Kier alpha value is -1.68. The predicted molar refractivity (Wildman–Crippen MR) is 83.6 cm³/mol. The first-order valence-electron chi connectivity index (χ1n) is 8.18. The second-order valence-electron chi connectivity index (χ2n) is 6.26. The molecule has 3 heterocycles. The minimum Gasteiger partial charge on any atom is -0.481 e. The molecule has 2 bridgehead atoms. The third kappa shape index (κ3) is 3.38. The first kappa shape index (κ1) is 15.2. The number of allylic oxidation sites excluding steroid dienone is 2. The summed E-state index contributed by atoms with van der Waals surface area (Å²) in [5.41, 5.74) is 1.29. The number of unbranched alkanes of at least 4 members (excludes halogenated alkanes) is 1. The first-order chi connectivity index (χ1) is 10.8. The predicted octanol–water partition coefficient (Wildman–Crippen LogP) is 3.54. The molecule has 0 amide bonds. The van der Waals surface area contributed by atoms with Crippen LogP contribution in [0.5, 0.6) is 0 Å². The second-order valence-corrected chi connectivity index (χ2v) is 6.26. The van der Waals surface area contributed by atoms with Crippen LogP contribution in [-0.4, -0.2) is 28.3 Å². The van der Waals surface area contributed by atoms with Crippen molar-refractivity contribution in [3.05, 3.63) is 42.2 Å². The molecular formula is C18H23NO3. The number of carboxylic acid groups (broad SMARTS) is 1. The van der Waals surface area contributed by atoms with Crippen LogP contribution in [0, 0.1) is 5.92 Å². The Morgan fingerprint density at radius 3 is 3.00 bits per heavy atom. The van der Waals surface area contributed by atoms with Crippen LogP contribution in [0.3, 0.4) is 0 Å². The molecule has 1 N–H and O–H groups in total. The van der Waals surface area contributed by atoms with Gasteiger partial charge in [0.25, 0.3) is 0 Å². The smallest absolute Gasteiger partial charge is 0.303 e. The Morgan fingerprint density at radius 2 is 2.23 bits per heavy atom. The Bertz CT molecular complexity index is 528. The van der Waals surface area contributed by atoms with Crippen LogP contribution in [0.4, 0.5) is 0 Å². The molecule has 22 heavy (non-hydrogen) atoms. The number of aliphatic carboxylic acids is 1. The number of fused-ring (bicyclic) bond motifs is 2. The van der Waals surface area contributed by atoms with Crippen LogP contribution in [0.15, 0.2) is 36.7 Å². The number of nitrogens with zero attached hydrogens (tertiary/aromatic N) is 1. The van der Waals surface area contributed by atoms with Crippen LogP contribution < -0.4 is 0 Å². The lowest BCUT2D eigenvalue weighted by Crippen LogP contribution is -2.25. The van der Waals surface area contributed by atoms with Crippen LogP contribution in [0.1, 0.15) is 50.0 Å². The second kappa shape index (κ2) is 7.05. The van der Waals surface area contributed by atoms with Crippen molar-refractivity contribution in [2.75, 3.05) is 0 Å². The molecule has 118 valence electrons. The van der Waals surface area contributed by atoms with E-state index < -0.39 is 5.97 Å². The molecule has 0 spiro atoms. The number of carbonyl (C=O) groups is 1. The van der Waals surface area contributed by atoms with Crippen LogP contribution in [0.2, 0.25) is 0 Å². The Labute approximate surface area is 131 Å². The van der Waals surface area contributed by atoms with Gasteiger partial charge in [0.05, 0.1) is 12.2 Å². The summed E-state index contributed by atoms with van der Waals surface area (Å²) in [6.07, 6.45) is 14.0. The summed E-state index contributed by atoms with van der Waals surface area (Å²) in [4.78, 5) is 14.7. The van der Waals surface area contributed by atoms with E-state index in [9.17, 15) is 4.79 Å². The molecule has 0 radical (unpaired) electrons. The number of rotatable bonds is 7. The van der Waals surface area contributed by atoms with Crippen LogP contribution in [-0.2, 0) is 9.53 Å². The maximum absolute atomic E-state index is 10.5. The van der Waals surface area contributed by atoms with Gasteiger partial charge in [-0.3, -0.25) is 9.78 Å². The molecule has 2 aliphatic heterocycles. The van der Waals surface area contributed by atoms with E-state index in [2.05, 4.69) is 23.2 Å². The van der Waals surface area contributed by atoms with Crippen molar-refractivity contribution in [3.8, 4) is 0 Å². The van der Waals surface area contributed by atoms with Crippen molar-refractivity contribution >= 4 is 5.97 Å². The largest absolute Gasteiger partial charge is 0.481 e. The van der Waals surface area contributed by atoms with Gasteiger partial charge in [0.1, 0.15) is 0 Å². The molecule has 1 aromatic heterocycles. The highest BCUT2D eigenvalue weighted by Crippen LogP contribution is 2.50. The number of hydrogen-bond acceptors (Lipinski definition) is 3. The SMILES string of the molecule is O=C(O)CCC/C=C\C[C@H]1[C@H](c2cccnc2)[C@@H]2CC[C@H]1O2. The zero-order valence-corrected chi connectivity index (χ0v) is 12.7. The minimum absolute atomic E-state index is 0.250. The maximum Gasteiger partial charge on any atom is 0.303 e. The number of pyridine rings is 1. The van der Waals surface area contributed by atoms with Crippen LogP contribution >= 0.6 is 0 Å². The zero-order chi connectivity index (χ0) is 15.4. The van der Waals surface area contributed by atoms with Crippen molar-refractivity contribution < 1.29 is 14.6 Å². The van der Waals surface area contributed by atoms with Gasteiger partial charge in [-0.2, -0.15) is 0 Å². The van der Waals surface area contributed by atoms with Gasteiger partial charge in [0.2, 0.25) is 0 Å². The number of carboxylic acids is 1. The van der Waals surface area contributed by atoms with Crippen molar-refractivity contribution in [1.29, 1.82) is 0 Å². The molecule has 4 heteroatoms. The lowest BCUT2D eigenvalue weighted by atomic mass is 9.74. The Kier molecular flexibility index (Phi) is 4.88. The molecule has 0 aromatic carbocycles. The van der Waals surface area contributed by atoms with E-state index in [0.29, 0.717) is 30.5 Å². The third-order valence-electron chi connectivity index (χ3n) is 4.83. The monoisotopic (exact) mass is 301 g/mol. The van der Waals surface area contributed by atoms with Crippen molar-refractivity contribution in [3.63, 3.8) is 0 Å². The molecule has 4 nitrogen and oxygen atoms in total. The van der Waals surface area contributed by atoms with Gasteiger partial charge >= 0.3 is 5.97 Å². The summed E-state index contributed by atoms with van der Waals surface area (Å²) in [6.45, 7) is 0. The summed E-state index contributed by atoms with van der Waals surface area (Å²) in [6, 6.07) is 4.16. The molecule has 2 aliphatic rings. The molecule has 0 saturated carbocycles. The Balaban J connectivity index is 1.57. The van der Waals surface area contributed by atoms with Crippen LogP contribution in [0.25, 0.3) is 0 Å². The standard InChI is InChI=1S/C18H23NO3/c20-17(21)8-4-2-1-3-7-14-15-9-10-16(22-15)18(14)13-6-5-11-19-12-13/h1,3,5-6,11-12,14-16,18H,2,4,7-10H2,(H,20,21)/b3-1-/t14-,15-,16+,18+/m1/s1. The summed E-state index contributed by atoms with van der Waals surface area (Å²) in [5, 5.41) is 8.63. The Morgan fingerprint density at radius 1 is 1.36 bits per heavy atom. The molecule has 0 aliphatic carbocycles. The van der Waals surface area contributed by atoms with E-state index in [1.165, 1.54) is 12.0 Å². The normalized spacial score (nSPS) is 30.2. The summed E-state index contributed by atoms with van der Waals surface area (Å²) in [7, 11) is 0. The average Bonchev–Trinajstić information content (AvgIpc) is 3.12. The fourth-order valence-corrected chi connectivity index (χ4v) is 3.85. The average molecular weight is 301 g/mol. The minimum atomic E-state index is -0.716. The summed E-state index contributed by atoms with van der Waals surface area (Å²) in [5.74, 6) is 0.265. The van der Waals surface area contributed by atoms with E-state index in [-0.39, 0.29) is 6.42 Å². The first-order valence-corrected chi connectivity index (χ1v) is 8.18. The highest BCUT2D eigenvalue weighted by atomic mass is 16.5. The lowest BCUT2D eigenvalue weighted by molar-refractivity contribution is -0.137. The van der Waals surface area contributed by atoms with Gasteiger partial charge in [0.15, 0.2) is 0 Å². The molecule has 2 saturated heterocycles. The molecule has 4 atom stereocenters. The van der Waals surface area contributed by atoms with Gasteiger partial charge in [-0.1, -0.05) is 18.2 Å². The van der Waals surface area contributed by atoms with Crippen molar-refractivity contribution in [2.45, 2.75) is 56.7 Å². The summed E-state index contributed by atoms with van der Waals surface area (Å²) < 4.78 is 6.12. The van der Waals surface area contributed by atoms with Crippen molar-refractivity contribution in [1.82, 2.24) is 4.98 Å². The van der Waals surface area contributed by atoms with Gasteiger partial charge in [-0.15, -0.1) is 0 Å². The van der Waals surface area contributed by atoms with Gasteiger partial charge in [-0.25, -0.2) is 0 Å². The number of hydrogen-bond donors (Lipinski definition) is 1.